The first-order valence-corrected chi connectivity index (χ1v) is 11.1. The van der Waals surface area contributed by atoms with Gasteiger partial charge in [0.1, 0.15) is 11.8 Å². The number of methoxy groups -OCH3 is 1. The van der Waals surface area contributed by atoms with Crippen LogP contribution in [0.2, 0.25) is 5.02 Å². The molecule has 3 N–H and O–H groups in total. The summed E-state index contributed by atoms with van der Waals surface area (Å²) in [4.78, 5) is 25.0. The molecular formula is C22H30Cl2N8O2. The van der Waals surface area contributed by atoms with Crippen molar-refractivity contribution in [3.05, 3.63) is 40.8 Å². The standard InChI is InChI=1S/C22H29ClN8O2.ClH/c1-30-7-9-31(10-8-30)6-5-25-4-3-16-11-20(33-2)19(12-18(16)23)28-22(32)29-21-15-26-17(13-24)14-27-21;/h11-12,14-15,25H,3-10H2,1-2H3,(H2,27,28,29,32);1H. The number of hydrogen-bond donors (Lipinski definition) is 3. The average molecular weight is 509 g/mol. The van der Waals surface area contributed by atoms with Crippen molar-refractivity contribution in [3.8, 4) is 11.8 Å². The quantitative estimate of drug-likeness (QED) is 0.442. The Labute approximate surface area is 211 Å². The van der Waals surface area contributed by atoms with Gasteiger partial charge in [0.15, 0.2) is 11.5 Å². The van der Waals surface area contributed by atoms with Crippen LogP contribution >= 0.6 is 24.0 Å². The Morgan fingerprint density at radius 1 is 1.18 bits per heavy atom. The fourth-order valence-electron chi connectivity index (χ4n) is 3.43. The normalized spacial score (nSPS) is 14.1. The lowest BCUT2D eigenvalue weighted by molar-refractivity contribution is 0.155. The molecule has 0 unspecified atom stereocenters. The molecule has 0 saturated carbocycles. The van der Waals surface area contributed by atoms with Gasteiger partial charge in [0.25, 0.3) is 0 Å². The van der Waals surface area contributed by atoms with E-state index in [0.29, 0.717) is 16.5 Å². The lowest BCUT2D eigenvalue weighted by Gasteiger charge is -2.32. The molecule has 1 aromatic heterocycles. The van der Waals surface area contributed by atoms with Crippen molar-refractivity contribution in [2.75, 3.05) is 70.6 Å². The lowest BCUT2D eigenvalue weighted by Crippen LogP contribution is -2.46. The van der Waals surface area contributed by atoms with Gasteiger partial charge in [-0.1, -0.05) is 11.6 Å². The fourth-order valence-corrected chi connectivity index (χ4v) is 3.69. The Balaban J connectivity index is 0.00000408. The maximum absolute atomic E-state index is 12.3. The summed E-state index contributed by atoms with van der Waals surface area (Å²) in [6, 6.07) is 4.85. The molecule has 1 aliphatic rings. The Morgan fingerprint density at radius 2 is 1.94 bits per heavy atom. The minimum Gasteiger partial charge on any atom is -0.495 e. The second-order valence-corrected chi connectivity index (χ2v) is 8.17. The summed E-state index contributed by atoms with van der Waals surface area (Å²) in [7, 11) is 3.70. The van der Waals surface area contributed by atoms with Crippen LogP contribution in [0.25, 0.3) is 0 Å². The summed E-state index contributed by atoms with van der Waals surface area (Å²) < 4.78 is 5.44. The molecule has 3 rings (SSSR count). The summed E-state index contributed by atoms with van der Waals surface area (Å²) >= 11 is 6.46. The number of urea groups is 1. The number of anilines is 2. The van der Waals surface area contributed by atoms with E-state index < -0.39 is 6.03 Å². The molecular weight excluding hydrogens is 479 g/mol. The number of aromatic nitrogens is 2. The maximum atomic E-state index is 12.3. The molecule has 2 aromatic rings. The van der Waals surface area contributed by atoms with Crippen molar-refractivity contribution in [2.24, 2.45) is 0 Å². The van der Waals surface area contributed by atoms with E-state index in [9.17, 15) is 4.79 Å². The number of hydrogen-bond acceptors (Lipinski definition) is 8. The zero-order valence-electron chi connectivity index (χ0n) is 19.3. The number of nitriles is 1. The third-order valence-corrected chi connectivity index (χ3v) is 5.75. The van der Waals surface area contributed by atoms with E-state index in [0.717, 1.165) is 57.8 Å². The first-order chi connectivity index (χ1) is 16.0. The summed E-state index contributed by atoms with van der Waals surface area (Å²) in [5, 5.41) is 18.0. The van der Waals surface area contributed by atoms with E-state index in [1.54, 1.807) is 6.07 Å². The molecule has 0 radical (unpaired) electrons. The van der Waals surface area contributed by atoms with Crippen LogP contribution in [0.3, 0.4) is 0 Å². The van der Waals surface area contributed by atoms with Crippen molar-refractivity contribution < 1.29 is 9.53 Å². The lowest BCUT2D eigenvalue weighted by atomic mass is 10.1. The Hall–Kier alpha value is -2.68. The van der Waals surface area contributed by atoms with Crippen molar-refractivity contribution in [1.82, 2.24) is 25.1 Å². The van der Waals surface area contributed by atoms with Crippen LogP contribution in [0.1, 0.15) is 11.3 Å². The van der Waals surface area contributed by atoms with Gasteiger partial charge in [-0.25, -0.2) is 14.8 Å². The third kappa shape index (κ3) is 8.27. The summed E-state index contributed by atoms with van der Waals surface area (Å²) in [6.45, 7) is 7.22. The fraction of sp³-hybridized carbons (Fsp3) is 0.455. The van der Waals surface area contributed by atoms with Gasteiger partial charge < -0.3 is 20.3 Å². The summed E-state index contributed by atoms with van der Waals surface area (Å²) in [5.74, 6) is 0.726. The monoisotopic (exact) mass is 508 g/mol. The van der Waals surface area contributed by atoms with Gasteiger partial charge in [0.2, 0.25) is 0 Å². The van der Waals surface area contributed by atoms with Crippen molar-refractivity contribution >= 4 is 41.5 Å². The van der Waals surface area contributed by atoms with Crippen LogP contribution in [0.4, 0.5) is 16.3 Å². The molecule has 34 heavy (non-hydrogen) atoms. The molecule has 2 heterocycles. The van der Waals surface area contributed by atoms with E-state index >= 15 is 0 Å². The largest absolute Gasteiger partial charge is 0.495 e. The van der Waals surface area contributed by atoms with Crippen molar-refractivity contribution in [1.29, 1.82) is 5.26 Å². The van der Waals surface area contributed by atoms with Gasteiger partial charge in [-0.05, 0) is 37.7 Å². The highest BCUT2D eigenvalue weighted by atomic mass is 35.5. The molecule has 2 amide bonds. The van der Waals surface area contributed by atoms with E-state index in [2.05, 4.69) is 42.8 Å². The second-order valence-electron chi connectivity index (χ2n) is 7.77. The van der Waals surface area contributed by atoms with Crippen molar-refractivity contribution in [3.63, 3.8) is 0 Å². The highest BCUT2D eigenvalue weighted by Crippen LogP contribution is 2.31. The maximum Gasteiger partial charge on any atom is 0.325 e. The van der Waals surface area contributed by atoms with Crippen LogP contribution in [0.15, 0.2) is 24.5 Å². The number of carbonyl (C=O) groups is 1. The number of halogens is 2. The number of nitrogens with one attached hydrogen (secondary N) is 3. The number of nitrogens with zero attached hydrogens (tertiary/aromatic N) is 5. The van der Waals surface area contributed by atoms with Crippen LogP contribution < -0.4 is 20.7 Å². The van der Waals surface area contributed by atoms with Crippen LogP contribution in [-0.2, 0) is 6.42 Å². The number of rotatable bonds is 9. The van der Waals surface area contributed by atoms with Crippen LogP contribution in [0, 0.1) is 11.3 Å². The predicted octanol–water partition coefficient (Wildman–Crippen LogP) is 2.46. The van der Waals surface area contributed by atoms with Gasteiger partial charge in [-0.3, -0.25) is 10.2 Å². The third-order valence-electron chi connectivity index (χ3n) is 5.40. The number of ether oxygens (including phenoxy) is 1. The van der Waals surface area contributed by atoms with Crippen molar-refractivity contribution in [2.45, 2.75) is 6.42 Å². The Morgan fingerprint density at radius 3 is 2.59 bits per heavy atom. The van der Waals surface area contributed by atoms with Gasteiger partial charge in [-0.15, -0.1) is 12.4 Å². The minimum atomic E-state index is -0.526. The number of benzene rings is 1. The average Bonchev–Trinajstić information content (AvgIpc) is 2.81. The first kappa shape index (κ1) is 27.6. The Kier molecular flexibility index (Phi) is 11.3. The molecule has 1 saturated heterocycles. The van der Waals surface area contributed by atoms with Gasteiger partial charge in [0, 0.05) is 44.3 Å². The van der Waals surface area contributed by atoms with E-state index in [1.165, 1.54) is 19.5 Å². The molecule has 10 nitrogen and oxygen atoms in total. The number of amides is 2. The van der Waals surface area contributed by atoms with E-state index in [1.807, 2.05) is 12.1 Å². The molecule has 184 valence electrons. The topological polar surface area (TPSA) is 118 Å². The molecule has 0 aliphatic carbocycles. The SMILES string of the molecule is COc1cc(CCNCCN2CCN(C)CC2)c(Cl)cc1NC(=O)Nc1cnc(C#N)cn1.Cl. The second kappa shape index (κ2) is 13.9. The highest BCUT2D eigenvalue weighted by molar-refractivity contribution is 6.31. The molecule has 0 atom stereocenters. The number of likely N-dealkylation sites (N-methyl/N-ethyl adjacent to an activating group) is 1. The smallest absolute Gasteiger partial charge is 0.325 e. The van der Waals surface area contributed by atoms with Gasteiger partial charge in [-0.2, -0.15) is 5.26 Å². The zero-order chi connectivity index (χ0) is 23.6. The minimum absolute atomic E-state index is 0. The predicted molar refractivity (Wildman–Crippen MR) is 135 cm³/mol. The highest BCUT2D eigenvalue weighted by Gasteiger charge is 2.14. The number of piperazine rings is 1. The molecule has 1 aromatic carbocycles. The Bertz CT molecular complexity index is 976. The molecule has 1 aliphatic heterocycles. The molecule has 0 spiro atoms. The van der Waals surface area contributed by atoms with E-state index in [-0.39, 0.29) is 23.9 Å². The van der Waals surface area contributed by atoms with Gasteiger partial charge in [0.05, 0.1) is 25.2 Å². The van der Waals surface area contributed by atoms with Gasteiger partial charge >= 0.3 is 6.03 Å². The summed E-state index contributed by atoms with van der Waals surface area (Å²) in [6.07, 6.45) is 3.33. The summed E-state index contributed by atoms with van der Waals surface area (Å²) in [5.41, 5.74) is 1.54. The van der Waals surface area contributed by atoms with Crippen LogP contribution in [-0.4, -0.2) is 85.8 Å². The number of carbonyl (C=O) groups excluding carboxylic acids is 1. The molecule has 12 heteroatoms. The van der Waals surface area contributed by atoms with Crippen LogP contribution in [0.5, 0.6) is 5.75 Å². The molecule has 0 bridgehead atoms. The zero-order valence-corrected chi connectivity index (χ0v) is 20.9. The van der Waals surface area contributed by atoms with E-state index in [4.69, 9.17) is 21.6 Å². The first-order valence-electron chi connectivity index (χ1n) is 10.8. The molecule has 1 fully saturated rings.